The summed E-state index contributed by atoms with van der Waals surface area (Å²) >= 11 is 3.40. The Kier molecular flexibility index (Phi) is 2.80. The number of carbonyl (C=O) groups is 1. The van der Waals surface area contributed by atoms with Crippen molar-refractivity contribution in [2.24, 2.45) is 0 Å². The van der Waals surface area contributed by atoms with Gasteiger partial charge in [0.2, 0.25) is 0 Å². The van der Waals surface area contributed by atoms with Crippen LogP contribution < -0.4 is 10.6 Å². The van der Waals surface area contributed by atoms with E-state index < -0.39 is 0 Å². The summed E-state index contributed by atoms with van der Waals surface area (Å²) in [6, 6.07) is 15.4. The zero-order valence-corrected chi connectivity index (χ0v) is 11.1. The number of carbonyl (C=O) groups excluding carboxylic acids is 1. The molecular weight excluding hydrogens is 292 g/mol. The van der Waals surface area contributed by atoms with E-state index in [0.29, 0.717) is 5.56 Å². The minimum Gasteiger partial charge on any atom is -0.361 e. The number of nitrogens with one attached hydrogen (secondary N) is 2. The molecule has 18 heavy (non-hydrogen) atoms. The highest BCUT2D eigenvalue weighted by Gasteiger charge is 2.23. The molecule has 90 valence electrons. The molecule has 3 rings (SSSR count). The minimum atomic E-state index is -0.180. The molecular formula is C14H11BrN2O. The summed E-state index contributed by atoms with van der Waals surface area (Å²) in [4.78, 5) is 12.0. The predicted octanol–water partition coefficient (Wildman–Crippen LogP) is 3.30. The van der Waals surface area contributed by atoms with Gasteiger partial charge in [-0.3, -0.25) is 4.79 Å². The summed E-state index contributed by atoms with van der Waals surface area (Å²) in [5.74, 6) is -0.0442. The molecule has 0 bridgehead atoms. The lowest BCUT2D eigenvalue weighted by atomic mass is 10.1. The molecule has 1 heterocycles. The van der Waals surface area contributed by atoms with Gasteiger partial charge in [-0.1, -0.05) is 40.2 Å². The normalized spacial score (nSPS) is 17.6. The van der Waals surface area contributed by atoms with Crippen LogP contribution in [-0.4, -0.2) is 5.91 Å². The molecule has 2 N–H and O–H groups in total. The fourth-order valence-corrected chi connectivity index (χ4v) is 2.29. The molecule has 1 atom stereocenters. The molecule has 3 nitrogen and oxygen atoms in total. The third-order valence-corrected chi connectivity index (χ3v) is 3.48. The van der Waals surface area contributed by atoms with Crippen molar-refractivity contribution in [3.63, 3.8) is 0 Å². The lowest BCUT2D eigenvalue weighted by molar-refractivity contribution is 0.0935. The van der Waals surface area contributed by atoms with Crippen LogP contribution in [0.25, 0.3) is 0 Å². The van der Waals surface area contributed by atoms with Gasteiger partial charge < -0.3 is 10.6 Å². The number of anilines is 1. The van der Waals surface area contributed by atoms with Crippen LogP contribution >= 0.6 is 15.9 Å². The van der Waals surface area contributed by atoms with Gasteiger partial charge in [0.25, 0.3) is 5.91 Å². The second-order valence-corrected chi connectivity index (χ2v) is 5.06. The van der Waals surface area contributed by atoms with Gasteiger partial charge in [-0.2, -0.15) is 0 Å². The van der Waals surface area contributed by atoms with Crippen LogP contribution in [0.1, 0.15) is 22.1 Å². The van der Waals surface area contributed by atoms with E-state index in [4.69, 9.17) is 0 Å². The van der Waals surface area contributed by atoms with Crippen molar-refractivity contribution in [1.82, 2.24) is 5.32 Å². The summed E-state index contributed by atoms with van der Waals surface area (Å²) in [7, 11) is 0. The quantitative estimate of drug-likeness (QED) is 0.848. The van der Waals surface area contributed by atoms with Gasteiger partial charge >= 0.3 is 0 Å². The molecule has 0 radical (unpaired) electrons. The maximum Gasteiger partial charge on any atom is 0.255 e. The van der Waals surface area contributed by atoms with Crippen molar-refractivity contribution in [3.05, 3.63) is 64.1 Å². The molecule has 4 heteroatoms. The summed E-state index contributed by atoms with van der Waals surface area (Å²) in [6.45, 7) is 0. The van der Waals surface area contributed by atoms with Crippen LogP contribution in [0.15, 0.2) is 53.0 Å². The van der Waals surface area contributed by atoms with Crippen LogP contribution in [0.2, 0.25) is 0 Å². The van der Waals surface area contributed by atoms with E-state index in [0.717, 1.165) is 15.7 Å². The van der Waals surface area contributed by atoms with Crippen LogP contribution in [0.5, 0.6) is 0 Å². The Labute approximate surface area is 113 Å². The van der Waals surface area contributed by atoms with Crippen molar-refractivity contribution in [2.45, 2.75) is 6.17 Å². The molecule has 2 aromatic carbocycles. The first-order valence-electron chi connectivity index (χ1n) is 5.66. The third-order valence-electron chi connectivity index (χ3n) is 2.95. The van der Waals surface area contributed by atoms with Gasteiger partial charge in [-0.25, -0.2) is 0 Å². The molecule has 1 aliphatic rings. The van der Waals surface area contributed by atoms with Gasteiger partial charge in [0, 0.05) is 10.2 Å². The number of hydrogen-bond donors (Lipinski definition) is 2. The summed E-state index contributed by atoms with van der Waals surface area (Å²) in [5.41, 5.74) is 2.58. The first kappa shape index (κ1) is 11.3. The average molecular weight is 303 g/mol. The Balaban J connectivity index is 1.94. The Morgan fingerprint density at radius 3 is 2.44 bits per heavy atom. The van der Waals surface area contributed by atoms with Crippen LogP contribution in [-0.2, 0) is 0 Å². The van der Waals surface area contributed by atoms with Crippen LogP contribution in [0.4, 0.5) is 5.69 Å². The van der Waals surface area contributed by atoms with Crippen molar-refractivity contribution < 1.29 is 4.79 Å². The number of amides is 1. The maximum atomic E-state index is 12.0. The molecule has 1 aliphatic heterocycles. The fourth-order valence-electron chi connectivity index (χ4n) is 2.03. The molecule has 0 aromatic heterocycles. The average Bonchev–Trinajstić information content (AvgIpc) is 2.39. The fraction of sp³-hybridized carbons (Fsp3) is 0.0714. The Morgan fingerprint density at radius 1 is 0.944 bits per heavy atom. The number of para-hydroxylation sites is 1. The Hall–Kier alpha value is -1.81. The molecule has 0 spiro atoms. The zero-order valence-electron chi connectivity index (χ0n) is 9.48. The van der Waals surface area contributed by atoms with E-state index in [2.05, 4.69) is 26.6 Å². The number of hydrogen-bond acceptors (Lipinski definition) is 2. The van der Waals surface area contributed by atoms with E-state index in [9.17, 15) is 4.79 Å². The lowest BCUT2D eigenvalue weighted by Crippen LogP contribution is -2.38. The monoisotopic (exact) mass is 302 g/mol. The molecule has 0 aliphatic carbocycles. The number of rotatable bonds is 1. The second kappa shape index (κ2) is 4.46. The molecule has 0 fully saturated rings. The molecule has 0 saturated heterocycles. The van der Waals surface area contributed by atoms with Crippen molar-refractivity contribution in [1.29, 1.82) is 0 Å². The molecule has 0 unspecified atom stereocenters. The van der Waals surface area contributed by atoms with Gasteiger partial charge in [0.05, 0.1) is 5.56 Å². The van der Waals surface area contributed by atoms with Gasteiger partial charge in [0.15, 0.2) is 0 Å². The number of fused-ring (bicyclic) bond motifs is 1. The zero-order chi connectivity index (χ0) is 12.5. The number of benzene rings is 2. The largest absolute Gasteiger partial charge is 0.361 e. The smallest absolute Gasteiger partial charge is 0.255 e. The van der Waals surface area contributed by atoms with Crippen molar-refractivity contribution in [3.8, 4) is 0 Å². The van der Waals surface area contributed by atoms with Crippen molar-refractivity contribution in [2.75, 3.05) is 5.32 Å². The minimum absolute atomic E-state index is 0.0442. The van der Waals surface area contributed by atoms with Gasteiger partial charge in [-0.15, -0.1) is 0 Å². The number of halogens is 1. The Morgan fingerprint density at radius 2 is 1.67 bits per heavy atom. The highest BCUT2D eigenvalue weighted by atomic mass is 79.9. The standard InChI is InChI=1S/C14H11BrN2O/c15-10-7-5-9(6-8-10)13-16-12-4-2-1-3-11(12)14(18)17-13/h1-8,13,16H,(H,17,18)/t13-/m1/s1. The summed E-state index contributed by atoms with van der Waals surface area (Å²) in [5, 5.41) is 6.26. The Bertz CT molecular complexity index is 595. The molecule has 2 aromatic rings. The van der Waals surface area contributed by atoms with Gasteiger partial charge in [0.1, 0.15) is 6.17 Å². The van der Waals surface area contributed by atoms with Crippen molar-refractivity contribution >= 4 is 27.5 Å². The van der Waals surface area contributed by atoms with E-state index in [1.807, 2.05) is 48.5 Å². The first-order chi connectivity index (χ1) is 8.74. The predicted molar refractivity (Wildman–Crippen MR) is 74.4 cm³/mol. The van der Waals surface area contributed by atoms with Gasteiger partial charge in [-0.05, 0) is 29.8 Å². The van der Waals surface area contributed by atoms with E-state index in [1.165, 1.54) is 0 Å². The molecule has 1 amide bonds. The van der Waals surface area contributed by atoms with E-state index in [-0.39, 0.29) is 12.1 Å². The highest BCUT2D eigenvalue weighted by Crippen LogP contribution is 2.26. The maximum absolute atomic E-state index is 12.0. The third kappa shape index (κ3) is 1.99. The topological polar surface area (TPSA) is 41.1 Å². The SMILES string of the molecule is O=C1N[C@H](c2ccc(Br)cc2)Nc2ccccc21. The van der Waals surface area contributed by atoms with Crippen LogP contribution in [0, 0.1) is 0 Å². The summed E-state index contributed by atoms with van der Waals surface area (Å²) < 4.78 is 1.02. The summed E-state index contributed by atoms with van der Waals surface area (Å²) in [6.07, 6.45) is -0.180. The van der Waals surface area contributed by atoms with E-state index >= 15 is 0 Å². The van der Waals surface area contributed by atoms with E-state index in [1.54, 1.807) is 0 Å². The second-order valence-electron chi connectivity index (χ2n) is 4.15. The molecule has 0 saturated carbocycles. The first-order valence-corrected chi connectivity index (χ1v) is 6.45. The highest BCUT2D eigenvalue weighted by molar-refractivity contribution is 9.10. The van der Waals surface area contributed by atoms with Crippen LogP contribution in [0.3, 0.4) is 0 Å². The lowest BCUT2D eigenvalue weighted by Gasteiger charge is -2.28.